The lowest BCUT2D eigenvalue weighted by Gasteiger charge is -2.31. The highest BCUT2D eigenvalue weighted by molar-refractivity contribution is 7.15. The number of piperidine rings is 1. The lowest BCUT2D eigenvalue weighted by Crippen LogP contribution is -2.38. The van der Waals surface area contributed by atoms with E-state index in [1.165, 1.54) is 0 Å². The predicted octanol–water partition coefficient (Wildman–Crippen LogP) is 3.02. The fraction of sp³-hybridized carbons (Fsp3) is 0.500. The standard InChI is InChI=1S/C16H21N5OS/c1-10-7-14(20-16-17-8-11(2)23-16)19-15(18-10)13-5-4-6-21(9-13)12(3)22/h7-8,13H,4-6,9H2,1-3H3,(H,17,18,19,20). The van der Waals surface area contributed by atoms with Crippen LogP contribution in [0.5, 0.6) is 0 Å². The summed E-state index contributed by atoms with van der Waals surface area (Å²) in [6.07, 6.45) is 3.85. The zero-order valence-electron chi connectivity index (χ0n) is 13.7. The molecule has 1 unspecified atom stereocenters. The van der Waals surface area contributed by atoms with Crippen LogP contribution in [0.1, 0.15) is 42.1 Å². The Bertz CT molecular complexity index is 714. The fourth-order valence-electron chi connectivity index (χ4n) is 2.83. The topological polar surface area (TPSA) is 71.0 Å². The number of nitrogens with zero attached hydrogens (tertiary/aromatic N) is 4. The van der Waals surface area contributed by atoms with Gasteiger partial charge in [0.1, 0.15) is 11.6 Å². The number of aromatic nitrogens is 3. The SMILES string of the molecule is CC(=O)N1CCCC(c2nc(C)cc(Nc3ncc(C)s3)n2)C1. The van der Waals surface area contributed by atoms with E-state index in [0.717, 1.165) is 46.7 Å². The molecule has 0 saturated carbocycles. The van der Waals surface area contributed by atoms with Gasteiger partial charge in [0, 0.05) is 48.8 Å². The summed E-state index contributed by atoms with van der Waals surface area (Å²) in [4.78, 5) is 28.2. The van der Waals surface area contributed by atoms with Crippen LogP contribution in [0.2, 0.25) is 0 Å². The van der Waals surface area contributed by atoms with Gasteiger partial charge in [-0.2, -0.15) is 0 Å². The van der Waals surface area contributed by atoms with Gasteiger partial charge in [-0.15, -0.1) is 11.3 Å². The van der Waals surface area contributed by atoms with Gasteiger partial charge in [0.05, 0.1) is 0 Å². The molecule has 0 radical (unpaired) electrons. The number of thiazole rings is 1. The molecule has 0 bridgehead atoms. The van der Waals surface area contributed by atoms with Crippen molar-refractivity contribution in [2.75, 3.05) is 18.4 Å². The number of amides is 1. The lowest BCUT2D eigenvalue weighted by atomic mass is 9.97. The van der Waals surface area contributed by atoms with E-state index in [1.807, 2.05) is 31.0 Å². The van der Waals surface area contributed by atoms with Crippen molar-refractivity contribution in [3.05, 3.63) is 28.7 Å². The van der Waals surface area contributed by atoms with Crippen molar-refractivity contribution in [3.8, 4) is 0 Å². The molecule has 1 aliphatic heterocycles. The second kappa shape index (κ2) is 6.62. The molecule has 7 heteroatoms. The Kier molecular flexibility index (Phi) is 4.56. The number of carbonyl (C=O) groups is 1. The third kappa shape index (κ3) is 3.85. The van der Waals surface area contributed by atoms with Crippen LogP contribution in [0.3, 0.4) is 0 Å². The van der Waals surface area contributed by atoms with Crippen LogP contribution in [0.15, 0.2) is 12.3 Å². The molecule has 3 rings (SSSR count). The van der Waals surface area contributed by atoms with Crippen molar-refractivity contribution >= 4 is 28.2 Å². The maximum Gasteiger partial charge on any atom is 0.219 e. The van der Waals surface area contributed by atoms with Gasteiger partial charge in [-0.3, -0.25) is 4.79 Å². The molecule has 0 spiro atoms. The molecule has 6 nitrogen and oxygen atoms in total. The molecule has 1 atom stereocenters. The molecule has 23 heavy (non-hydrogen) atoms. The molecule has 0 aliphatic carbocycles. The Balaban J connectivity index is 1.81. The number of hydrogen-bond donors (Lipinski definition) is 1. The fourth-order valence-corrected chi connectivity index (χ4v) is 3.51. The molecule has 1 N–H and O–H groups in total. The maximum absolute atomic E-state index is 11.6. The van der Waals surface area contributed by atoms with Crippen LogP contribution in [0.25, 0.3) is 0 Å². The van der Waals surface area contributed by atoms with Gasteiger partial charge in [0.2, 0.25) is 5.91 Å². The first-order valence-electron chi connectivity index (χ1n) is 7.82. The van der Waals surface area contributed by atoms with E-state index in [0.29, 0.717) is 6.54 Å². The van der Waals surface area contributed by atoms with Gasteiger partial charge in [0.25, 0.3) is 0 Å². The molecule has 1 saturated heterocycles. The molecule has 0 aromatic carbocycles. The zero-order valence-corrected chi connectivity index (χ0v) is 14.5. The first-order valence-corrected chi connectivity index (χ1v) is 8.63. The van der Waals surface area contributed by atoms with Gasteiger partial charge >= 0.3 is 0 Å². The summed E-state index contributed by atoms with van der Waals surface area (Å²) in [7, 11) is 0. The van der Waals surface area contributed by atoms with E-state index < -0.39 is 0 Å². The molecule has 1 aliphatic rings. The average molecular weight is 331 g/mol. The predicted molar refractivity (Wildman–Crippen MR) is 91.1 cm³/mol. The molecule has 1 amide bonds. The van der Waals surface area contributed by atoms with Crippen LogP contribution in [0.4, 0.5) is 10.9 Å². The number of rotatable bonds is 3. The summed E-state index contributed by atoms with van der Waals surface area (Å²) in [5, 5.41) is 4.09. The largest absolute Gasteiger partial charge is 0.342 e. The third-order valence-corrected chi connectivity index (χ3v) is 4.79. The molecule has 2 aromatic rings. The van der Waals surface area contributed by atoms with Gasteiger partial charge in [0.15, 0.2) is 5.13 Å². The Hall–Kier alpha value is -2.02. The highest BCUT2D eigenvalue weighted by Gasteiger charge is 2.25. The quantitative estimate of drug-likeness (QED) is 0.936. The molecule has 3 heterocycles. The minimum absolute atomic E-state index is 0.124. The highest BCUT2D eigenvalue weighted by atomic mass is 32.1. The Labute approximate surface area is 140 Å². The summed E-state index contributed by atoms with van der Waals surface area (Å²) in [6, 6.07) is 1.92. The van der Waals surface area contributed by atoms with Gasteiger partial charge in [-0.05, 0) is 26.7 Å². The van der Waals surface area contributed by atoms with Gasteiger partial charge < -0.3 is 10.2 Å². The normalized spacial score (nSPS) is 18.0. The molecule has 1 fully saturated rings. The van der Waals surface area contributed by atoms with Crippen molar-refractivity contribution in [1.82, 2.24) is 19.9 Å². The second-order valence-corrected chi connectivity index (χ2v) is 7.19. The summed E-state index contributed by atoms with van der Waals surface area (Å²) in [5.41, 5.74) is 0.922. The number of hydrogen-bond acceptors (Lipinski definition) is 6. The number of likely N-dealkylation sites (tertiary alicyclic amines) is 1. The van der Waals surface area contributed by atoms with Crippen molar-refractivity contribution in [2.24, 2.45) is 0 Å². The first-order chi connectivity index (χ1) is 11.0. The van der Waals surface area contributed by atoms with Crippen molar-refractivity contribution in [1.29, 1.82) is 0 Å². The van der Waals surface area contributed by atoms with Gasteiger partial charge in [-0.25, -0.2) is 15.0 Å². The number of carbonyl (C=O) groups excluding carboxylic acids is 1. The molecular weight excluding hydrogens is 310 g/mol. The summed E-state index contributed by atoms with van der Waals surface area (Å²) in [5.74, 6) is 1.90. The second-order valence-electron chi connectivity index (χ2n) is 5.96. The van der Waals surface area contributed by atoms with E-state index in [-0.39, 0.29) is 11.8 Å². The average Bonchev–Trinajstić information content (AvgIpc) is 2.92. The molecular formula is C16H21N5OS. The van der Waals surface area contributed by atoms with E-state index in [1.54, 1.807) is 18.3 Å². The van der Waals surface area contributed by atoms with Crippen LogP contribution < -0.4 is 5.32 Å². The van der Waals surface area contributed by atoms with Crippen LogP contribution in [-0.2, 0) is 4.79 Å². The minimum Gasteiger partial charge on any atom is -0.342 e. The molecule has 122 valence electrons. The smallest absolute Gasteiger partial charge is 0.219 e. The van der Waals surface area contributed by atoms with Crippen molar-refractivity contribution < 1.29 is 4.79 Å². The van der Waals surface area contributed by atoms with E-state index in [4.69, 9.17) is 0 Å². The van der Waals surface area contributed by atoms with E-state index >= 15 is 0 Å². The zero-order chi connectivity index (χ0) is 16.4. The van der Waals surface area contributed by atoms with Crippen LogP contribution in [0, 0.1) is 13.8 Å². The Morgan fingerprint density at radius 3 is 2.91 bits per heavy atom. The van der Waals surface area contributed by atoms with E-state index in [9.17, 15) is 4.79 Å². The summed E-state index contributed by atoms with van der Waals surface area (Å²) < 4.78 is 0. The Morgan fingerprint density at radius 2 is 2.22 bits per heavy atom. The number of anilines is 2. The first kappa shape index (κ1) is 15.9. The maximum atomic E-state index is 11.6. The van der Waals surface area contributed by atoms with Crippen molar-refractivity contribution in [2.45, 2.75) is 39.5 Å². The lowest BCUT2D eigenvalue weighted by molar-refractivity contribution is -0.130. The Morgan fingerprint density at radius 1 is 1.39 bits per heavy atom. The van der Waals surface area contributed by atoms with Gasteiger partial charge in [-0.1, -0.05) is 0 Å². The van der Waals surface area contributed by atoms with E-state index in [2.05, 4.69) is 20.3 Å². The highest BCUT2D eigenvalue weighted by Crippen LogP contribution is 2.27. The minimum atomic E-state index is 0.124. The third-order valence-electron chi connectivity index (χ3n) is 3.96. The van der Waals surface area contributed by atoms with Crippen molar-refractivity contribution in [3.63, 3.8) is 0 Å². The summed E-state index contributed by atoms with van der Waals surface area (Å²) in [6.45, 7) is 7.15. The summed E-state index contributed by atoms with van der Waals surface area (Å²) >= 11 is 1.60. The number of aryl methyl sites for hydroxylation is 2. The van der Waals surface area contributed by atoms with Crippen LogP contribution >= 0.6 is 11.3 Å². The monoisotopic (exact) mass is 331 g/mol. The van der Waals surface area contributed by atoms with Crippen LogP contribution in [-0.4, -0.2) is 38.8 Å². The number of nitrogens with one attached hydrogen (secondary N) is 1. The molecule has 2 aromatic heterocycles.